The molecular formula is C14H22N2O7. The fraction of sp³-hybridized carbons (Fsp3) is 0.714. The molecule has 0 aromatic rings. The smallest absolute Gasteiger partial charge is 0.430 e. The standard InChI is InChI=1S/C14H22N2O7/c1-4-21-11(18)14(9-7-8-10(14)17)16(13(20)23-6-3)15-12(19)22-5-2/h4-9H2,1-3H3,(H,15,19)/t14-/m1/s1. The summed E-state index contributed by atoms with van der Waals surface area (Å²) < 4.78 is 14.5. The van der Waals surface area contributed by atoms with Gasteiger partial charge in [0.15, 0.2) is 5.78 Å². The second-order valence-electron chi connectivity index (χ2n) is 4.72. The lowest BCUT2D eigenvalue weighted by atomic mass is 9.96. The Kier molecular flexibility index (Phi) is 6.80. The summed E-state index contributed by atoms with van der Waals surface area (Å²) >= 11 is 0. The Hall–Kier alpha value is -2.32. The van der Waals surface area contributed by atoms with Crippen LogP contribution in [0, 0.1) is 0 Å². The maximum atomic E-state index is 12.4. The molecule has 0 unspecified atom stereocenters. The number of hydrogen-bond acceptors (Lipinski definition) is 7. The van der Waals surface area contributed by atoms with Crippen LogP contribution in [0.1, 0.15) is 40.0 Å². The minimum absolute atomic E-state index is 0.00688. The van der Waals surface area contributed by atoms with Gasteiger partial charge in [-0.2, -0.15) is 5.01 Å². The van der Waals surface area contributed by atoms with Crippen LogP contribution in [-0.2, 0) is 23.8 Å². The van der Waals surface area contributed by atoms with Gasteiger partial charge < -0.3 is 14.2 Å². The summed E-state index contributed by atoms with van der Waals surface area (Å²) in [6.07, 6.45) is -1.47. The van der Waals surface area contributed by atoms with Gasteiger partial charge in [0, 0.05) is 6.42 Å². The lowest BCUT2D eigenvalue weighted by Gasteiger charge is -2.35. The zero-order chi connectivity index (χ0) is 17.5. The maximum absolute atomic E-state index is 12.4. The number of Topliss-reactive ketones (excluding diaryl/α,β-unsaturated/α-hetero) is 1. The first-order valence-electron chi connectivity index (χ1n) is 7.54. The van der Waals surface area contributed by atoms with Gasteiger partial charge >= 0.3 is 18.2 Å². The highest BCUT2D eigenvalue weighted by molar-refractivity contribution is 6.12. The van der Waals surface area contributed by atoms with Crippen LogP contribution in [-0.4, -0.2) is 54.3 Å². The monoisotopic (exact) mass is 330 g/mol. The van der Waals surface area contributed by atoms with Gasteiger partial charge in [-0.25, -0.2) is 19.8 Å². The minimum atomic E-state index is -1.92. The molecule has 9 nitrogen and oxygen atoms in total. The molecule has 0 heterocycles. The number of hydrazine groups is 1. The molecule has 1 N–H and O–H groups in total. The molecule has 0 spiro atoms. The molecule has 0 saturated heterocycles. The minimum Gasteiger partial charge on any atom is -0.464 e. The summed E-state index contributed by atoms with van der Waals surface area (Å²) in [7, 11) is 0. The number of nitrogens with zero attached hydrogens (tertiary/aromatic N) is 1. The van der Waals surface area contributed by atoms with Crippen molar-refractivity contribution in [2.45, 2.75) is 45.6 Å². The largest absolute Gasteiger partial charge is 0.464 e. The van der Waals surface area contributed by atoms with E-state index in [4.69, 9.17) is 14.2 Å². The number of ether oxygens (including phenoxy) is 3. The number of carbonyl (C=O) groups is 4. The lowest BCUT2D eigenvalue weighted by molar-refractivity contribution is -0.162. The summed E-state index contributed by atoms with van der Waals surface area (Å²) in [5, 5.41) is 0.599. The highest BCUT2D eigenvalue weighted by Crippen LogP contribution is 2.33. The average Bonchev–Trinajstić information content (AvgIpc) is 2.88. The molecule has 0 aliphatic heterocycles. The molecule has 23 heavy (non-hydrogen) atoms. The number of rotatable bonds is 5. The zero-order valence-corrected chi connectivity index (χ0v) is 13.5. The maximum Gasteiger partial charge on any atom is 0.430 e. The van der Waals surface area contributed by atoms with Crippen LogP contribution in [0.4, 0.5) is 9.59 Å². The predicted octanol–water partition coefficient (Wildman–Crippen LogP) is 1.16. The second-order valence-corrected chi connectivity index (χ2v) is 4.72. The van der Waals surface area contributed by atoms with Crippen molar-refractivity contribution in [3.63, 3.8) is 0 Å². The Morgan fingerprint density at radius 1 is 1.09 bits per heavy atom. The van der Waals surface area contributed by atoms with E-state index in [0.717, 1.165) is 0 Å². The van der Waals surface area contributed by atoms with E-state index < -0.39 is 29.5 Å². The first kappa shape index (κ1) is 18.7. The van der Waals surface area contributed by atoms with Crippen LogP contribution in [0.15, 0.2) is 0 Å². The summed E-state index contributed by atoms with van der Waals surface area (Å²) in [6.45, 7) is 4.82. The highest BCUT2D eigenvalue weighted by Gasteiger charge is 2.58. The van der Waals surface area contributed by atoms with Gasteiger partial charge in [-0.15, -0.1) is 0 Å². The summed E-state index contributed by atoms with van der Waals surface area (Å²) in [6, 6.07) is 0. The van der Waals surface area contributed by atoms with E-state index in [0.29, 0.717) is 11.4 Å². The number of hydrogen-bond donors (Lipinski definition) is 1. The van der Waals surface area contributed by atoms with Crippen LogP contribution in [0.3, 0.4) is 0 Å². The molecule has 0 aromatic heterocycles. The highest BCUT2D eigenvalue weighted by atomic mass is 16.6. The predicted molar refractivity (Wildman–Crippen MR) is 77.2 cm³/mol. The molecule has 130 valence electrons. The van der Waals surface area contributed by atoms with Gasteiger partial charge in [0.2, 0.25) is 5.54 Å². The van der Waals surface area contributed by atoms with E-state index in [9.17, 15) is 19.2 Å². The molecule has 0 bridgehead atoms. The van der Waals surface area contributed by atoms with Crippen molar-refractivity contribution in [3.05, 3.63) is 0 Å². The van der Waals surface area contributed by atoms with E-state index >= 15 is 0 Å². The average molecular weight is 330 g/mol. The van der Waals surface area contributed by atoms with Crippen molar-refractivity contribution < 1.29 is 33.4 Å². The third kappa shape index (κ3) is 3.91. The van der Waals surface area contributed by atoms with Crippen LogP contribution in [0.2, 0.25) is 0 Å². The molecule has 1 aliphatic rings. The van der Waals surface area contributed by atoms with Crippen molar-refractivity contribution >= 4 is 23.9 Å². The van der Waals surface area contributed by atoms with E-state index in [2.05, 4.69) is 5.43 Å². The molecule has 1 rings (SSSR count). The molecule has 0 aromatic carbocycles. The first-order chi connectivity index (χ1) is 10.9. The second kappa shape index (κ2) is 8.35. The molecule has 9 heteroatoms. The van der Waals surface area contributed by atoms with Gasteiger partial charge in [0.1, 0.15) is 0 Å². The van der Waals surface area contributed by atoms with Gasteiger partial charge in [0.25, 0.3) is 0 Å². The fourth-order valence-corrected chi connectivity index (χ4v) is 2.38. The Balaban J connectivity index is 3.21. The van der Waals surface area contributed by atoms with Crippen molar-refractivity contribution in [1.82, 2.24) is 10.4 Å². The molecular weight excluding hydrogens is 308 g/mol. The van der Waals surface area contributed by atoms with Crippen LogP contribution in [0.25, 0.3) is 0 Å². The summed E-state index contributed by atoms with van der Waals surface area (Å²) in [5.74, 6) is -1.41. The Labute approximate surface area is 134 Å². The van der Waals surface area contributed by atoms with Gasteiger partial charge in [-0.1, -0.05) is 0 Å². The third-order valence-electron chi connectivity index (χ3n) is 3.33. The SMILES string of the molecule is CCOC(=O)NN(C(=O)OCC)[C@]1(C(=O)OCC)CCCC1=O. The lowest BCUT2D eigenvalue weighted by Crippen LogP contribution is -2.66. The van der Waals surface area contributed by atoms with Gasteiger partial charge in [-0.05, 0) is 33.6 Å². The molecule has 1 fully saturated rings. The normalized spacial score (nSPS) is 19.9. The summed E-state index contributed by atoms with van der Waals surface area (Å²) in [4.78, 5) is 48.6. The molecule has 2 amide bonds. The van der Waals surface area contributed by atoms with Crippen LogP contribution in [0.5, 0.6) is 0 Å². The topological polar surface area (TPSA) is 111 Å². The Bertz CT molecular complexity index is 480. The third-order valence-corrected chi connectivity index (χ3v) is 3.33. The van der Waals surface area contributed by atoms with E-state index in [1.54, 1.807) is 20.8 Å². The number of nitrogens with one attached hydrogen (secondary N) is 1. The van der Waals surface area contributed by atoms with Crippen LogP contribution >= 0.6 is 0 Å². The van der Waals surface area contributed by atoms with E-state index in [1.165, 1.54) is 0 Å². The number of esters is 1. The zero-order valence-electron chi connectivity index (χ0n) is 13.5. The Morgan fingerprint density at radius 2 is 1.70 bits per heavy atom. The van der Waals surface area contributed by atoms with E-state index in [1.807, 2.05) is 0 Å². The van der Waals surface area contributed by atoms with Crippen LogP contribution < -0.4 is 5.43 Å². The summed E-state index contributed by atoms with van der Waals surface area (Å²) in [5.41, 5.74) is 0.209. The van der Waals surface area contributed by atoms with E-state index in [-0.39, 0.29) is 32.7 Å². The number of amides is 2. The van der Waals surface area contributed by atoms with Gasteiger partial charge in [-0.3, -0.25) is 4.79 Å². The fourth-order valence-electron chi connectivity index (χ4n) is 2.38. The Morgan fingerprint density at radius 3 is 2.17 bits per heavy atom. The molecule has 1 saturated carbocycles. The number of ketones is 1. The van der Waals surface area contributed by atoms with Crippen molar-refractivity contribution in [3.8, 4) is 0 Å². The van der Waals surface area contributed by atoms with Gasteiger partial charge in [0.05, 0.1) is 19.8 Å². The molecule has 0 radical (unpaired) electrons. The van der Waals surface area contributed by atoms with Crippen molar-refractivity contribution in [2.24, 2.45) is 0 Å². The van der Waals surface area contributed by atoms with Crippen molar-refractivity contribution in [1.29, 1.82) is 0 Å². The first-order valence-corrected chi connectivity index (χ1v) is 7.54. The van der Waals surface area contributed by atoms with Crippen molar-refractivity contribution in [2.75, 3.05) is 19.8 Å². The quantitative estimate of drug-likeness (QED) is 0.348. The molecule has 1 atom stereocenters. The number of carbonyl (C=O) groups excluding carboxylic acids is 4. The molecule has 1 aliphatic carbocycles.